The molecule has 0 spiro atoms. The molecular weight excluding hydrogens is 284 g/mol. The van der Waals surface area contributed by atoms with E-state index in [1.165, 1.54) is 0 Å². The molecule has 110 valence electrons. The Morgan fingerprint density at radius 1 is 1.38 bits per heavy atom. The molecule has 0 saturated heterocycles. The highest BCUT2D eigenvalue weighted by Gasteiger charge is 2.20. The number of methoxy groups -OCH3 is 1. The summed E-state index contributed by atoms with van der Waals surface area (Å²) >= 11 is 1.64. The number of para-hydroxylation sites is 1. The Bertz CT molecular complexity index is 749. The van der Waals surface area contributed by atoms with Gasteiger partial charge in [0.05, 0.1) is 29.2 Å². The Morgan fingerprint density at radius 3 is 2.95 bits per heavy atom. The first-order valence-corrected chi connectivity index (χ1v) is 7.60. The van der Waals surface area contributed by atoms with E-state index in [4.69, 9.17) is 10.6 Å². The molecule has 0 radical (unpaired) electrons. The van der Waals surface area contributed by atoms with Crippen molar-refractivity contribution in [3.8, 4) is 5.75 Å². The predicted octanol–water partition coefficient (Wildman–Crippen LogP) is 2.39. The second kappa shape index (κ2) is 5.85. The van der Waals surface area contributed by atoms with Gasteiger partial charge in [-0.3, -0.25) is 16.0 Å². The van der Waals surface area contributed by atoms with Crippen molar-refractivity contribution in [3.05, 3.63) is 46.3 Å². The summed E-state index contributed by atoms with van der Waals surface area (Å²) in [6.45, 7) is 0. The third-order valence-corrected chi connectivity index (χ3v) is 4.64. The van der Waals surface area contributed by atoms with Gasteiger partial charge in [0.2, 0.25) is 0 Å². The summed E-state index contributed by atoms with van der Waals surface area (Å²) < 4.78 is 7.29. The molecule has 0 amide bonds. The van der Waals surface area contributed by atoms with Gasteiger partial charge in [-0.05, 0) is 17.5 Å². The molecule has 1 atom stereocenters. The zero-order valence-corrected chi connectivity index (χ0v) is 12.9. The van der Waals surface area contributed by atoms with E-state index in [1.807, 2.05) is 35.3 Å². The largest absolute Gasteiger partial charge is 0.496 e. The summed E-state index contributed by atoms with van der Waals surface area (Å²) in [4.78, 5) is 1.09. The number of nitrogens with two attached hydrogens (primary N) is 1. The Labute approximate surface area is 127 Å². The molecule has 3 aromatic rings. The Kier molecular flexibility index (Phi) is 3.92. The minimum absolute atomic E-state index is 0.0155. The summed E-state index contributed by atoms with van der Waals surface area (Å²) in [6, 6.07) is 10.2. The Hall–Kier alpha value is -1.89. The highest BCUT2D eigenvalue weighted by molar-refractivity contribution is 7.10. The summed E-state index contributed by atoms with van der Waals surface area (Å²) in [7, 11) is 3.64. The molecule has 0 aliphatic carbocycles. The highest BCUT2D eigenvalue weighted by atomic mass is 32.1. The lowest BCUT2D eigenvalue weighted by Gasteiger charge is -2.15. The number of nitrogens with zero attached hydrogens (tertiary/aromatic N) is 2. The van der Waals surface area contributed by atoms with Crippen molar-refractivity contribution in [1.82, 2.24) is 15.2 Å². The van der Waals surface area contributed by atoms with Gasteiger partial charge >= 0.3 is 0 Å². The first kappa shape index (κ1) is 14.1. The molecule has 21 heavy (non-hydrogen) atoms. The van der Waals surface area contributed by atoms with Gasteiger partial charge in [0, 0.05) is 18.9 Å². The third-order valence-electron chi connectivity index (χ3n) is 3.63. The van der Waals surface area contributed by atoms with Crippen LogP contribution in [0.25, 0.3) is 10.9 Å². The lowest BCUT2D eigenvalue weighted by Crippen LogP contribution is -2.29. The van der Waals surface area contributed by atoms with Gasteiger partial charge in [0.15, 0.2) is 0 Å². The first-order chi connectivity index (χ1) is 10.2. The number of aryl methyl sites for hydroxylation is 1. The fraction of sp³-hybridized carbons (Fsp3) is 0.267. The monoisotopic (exact) mass is 302 g/mol. The molecular formula is C15H18N4OS. The third kappa shape index (κ3) is 2.53. The van der Waals surface area contributed by atoms with Gasteiger partial charge in [0.25, 0.3) is 0 Å². The molecule has 2 heterocycles. The van der Waals surface area contributed by atoms with Crippen LogP contribution in [-0.2, 0) is 13.5 Å². The highest BCUT2D eigenvalue weighted by Crippen LogP contribution is 2.33. The first-order valence-electron chi connectivity index (χ1n) is 6.72. The summed E-state index contributed by atoms with van der Waals surface area (Å²) in [6.07, 6.45) is 0.717. The molecule has 3 N–H and O–H groups in total. The van der Waals surface area contributed by atoms with Gasteiger partial charge in [0.1, 0.15) is 5.75 Å². The van der Waals surface area contributed by atoms with Gasteiger partial charge in [-0.1, -0.05) is 18.2 Å². The molecule has 0 saturated carbocycles. The molecule has 3 rings (SSSR count). The maximum absolute atomic E-state index is 5.75. The fourth-order valence-corrected chi connectivity index (χ4v) is 3.51. The van der Waals surface area contributed by atoms with E-state index < -0.39 is 0 Å². The molecule has 1 aromatic carbocycles. The number of nitrogens with one attached hydrogen (secondary N) is 1. The van der Waals surface area contributed by atoms with Crippen LogP contribution in [-0.4, -0.2) is 16.9 Å². The number of rotatable bonds is 5. The fourth-order valence-electron chi connectivity index (χ4n) is 2.59. The van der Waals surface area contributed by atoms with Crippen molar-refractivity contribution in [2.45, 2.75) is 12.5 Å². The Morgan fingerprint density at radius 2 is 2.19 bits per heavy atom. The van der Waals surface area contributed by atoms with E-state index >= 15 is 0 Å². The van der Waals surface area contributed by atoms with Crippen LogP contribution >= 0.6 is 11.3 Å². The van der Waals surface area contributed by atoms with E-state index in [1.54, 1.807) is 18.4 Å². The average Bonchev–Trinajstić information content (AvgIpc) is 3.10. The zero-order valence-electron chi connectivity index (χ0n) is 12.0. The van der Waals surface area contributed by atoms with Crippen LogP contribution in [0, 0.1) is 0 Å². The Balaban J connectivity index is 1.96. The van der Waals surface area contributed by atoms with E-state index in [0.29, 0.717) is 6.42 Å². The number of hydrogen-bond donors (Lipinski definition) is 2. The molecule has 6 heteroatoms. The molecule has 2 aromatic heterocycles. The van der Waals surface area contributed by atoms with E-state index in [2.05, 4.69) is 22.7 Å². The van der Waals surface area contributed by atoms with Crippen molar-refractivity contribution in [2.24, 2.45) is 12.9 Å². The van der Waals surface area contributed by atoms with Gasteiger partial charge in [-0.2, -0.15) is 5.10 Å². The number of benzene rings is 1. The summed E-state index contributed by atoms with van der Waals surface area (Å²) in [5.41, 5.74) is 5.04. The maximum atomic E-state index is 5.75. The quantitative estimate of drug-likeness (QED) is 0.561. The lowest BCUT2D eigenvalue weighted by molar-refractivity contribution is 0.403. The summed E-state index contributed by atoms with van der Waals surface area (Å²) in [5.74, 6) is 6.62. The lowest BCUT2D eigenvalue weighted by atomic mass is 10.1. The van der Waals surface area contributed by atoms with Gasteiger partial charge in [-0.25, -0.2) is 0 Å². The number of thiophene rings is 1. The topological polar surface area (TPSA) is 65.1 Å². The summed E-state index contributed by atoms with van der Waals surface area (Å²) in [5, 5.41) is 7.80. The minimum Gasteiger partial charge on any atom is -0.496 e. The van der Waals surface area contributed by atoms with Crippen LogP contribution in [0.2, 0.25) is 0 Å². The normalized spacial score (nSPS) is 12.7. The van der Waals surface area contributed by atoms with Gasteiger partial charge in [-0.15, -0.1) is 11.3 Å². The molecule has 0 fully saturated rings. The number of aromatic nitrogens is 2. The van der Waals surface area contributed by atoms with Crippen molar-refractivity contribution < 1.29 is 4.74 Å². The van der Waals surface area contributed by atoms with Crippen LogP contribution in [0.3, 0.4) is 0 Å². The van der Waals surface area contributed by atoms with Crippen molar-refractivity contribution in [1.29, 1.82) is 0 Å². The van der Waals surface area contributed by atoms with Crippen LogP contribution < -0.4 is 16.0 Å². The number of hydrogen-bond acceptors (Lipinski definition) is 5. The standard InChI is InChI=1S/C15H18N4OS/c1-19-13-6-4-3-5-10(13)11(18-19)9-12(17-16)15-14(20-2)7-8-21-15/h3-8,12,17H,9,16H2,1-2H3. The number of ether oxygens (including phenoxy) is 1. The van der Waals surface area contributed by atoms with E-state index in [-0.39, 0.29) is 6.04 Å². The van der Waals surface area contributed by atoms with E-state index in [9.17, 15) is 0 Å². The zero-order chi connectivity index (χ0) is 14.8. The number of fused-ring (bicyclic) bond motifs is 1. The van der Waals surface area contributed by atoms with Crippen LogP contribution in [0.15, 0.2) is 35.7 Å². The predicted molar refractivity (Wildman–Crippen MR) is 85.4 cm³/mol. The second-order valence-electron chi connectivity index (χ2n) is 4.86. The van der Waals surface area contributed by atoms with Crippen LogP contribution in [0.5, 0.6) is 5.75 Å². The molecule has 0 aliphatic rings. The smallest absolute Gasteiger partial charge is 0.134 e. The number of hydrazine groups is 1. The minimum atomic E-state index is -0.0155. The van der Waals surface area contributed by atoms with Gasteiger partial charge < -0.3 is 4.74 Å². The molecule has 5 nitrogen and oxygen atoms in total. The molecule has 1 unspecified atom stereocenters. The van der Waals surface area contributed by atoms with Crippen molar-refractivity contribution in [2.75, 3.05) is 7.11 Å². The van der Waals surface area contributed by atoms with E-state index in [0.717, 1.165) is 27.2 Å². The van der Waals surface area contributed by atoms with Crippen molar-refractivity contribution in [3.63, 3.8) is 0 Å². The molecule has 0 aliphatic heterocycles. The van der Waals surface area contributed by atoms with Crippen LogP contribution in [0.4, 0.5) is 0 Å². The maximum Gasteiger partial charge on any atom is 0.134 e. The average molecular weight is 302 g/mol. The second-order valence-corrected chi connectivity index (χ2v) is 5.81. The molecule has 0 bridgehead atoms. The van der Waals surface area contributed by atoms with Crippen molar-refractivity contribution >= 4 is 22.2 Å². The SMILES string of the molecule is COc1ccsc1C(Cc1nn(C)c2ccccc12)NN. The van der Waals surface area contributed by atoms with Crippen LogP contribution in [0.1, 0.15) is 16.6 Å².